The van der Waals surface area contributed by atoms with Gasteiger partial charge in [0.15, 0.2) is 0 Å². The van der Waals surface area contributed by atoms with E-state index in [1.54, 1.807) is 16.7 Å². The molecule has 0 heterocycles. The summed E-state index contributed by atoms with van der Waals surface area (Å²) in [6.07, 6.45) is 14.5. The van der Waals surface area contributed by atoms with Crippen LogP contribution in [0.25, 0.3) is 0 Å². The van der Waals surface area contributed by atoms with Gasteiger partial charge in [0.25, 0.3) is 0 Å². The topological polar surface area (TPSA) is 0 Å². The van der Waals surface area contributed by atoms with E-state index in [9.17, 15) is 0 Å². The van der Waals surface area contributed by atoms with Gasteiger partial charge in [-0.1, -0.05) is 55.3 Å². The van der Waals surface area contributed by atoms with E-state index in [0.29, 0.717) is 0 Å². The van der Waals surface area contributed by atoms with Crippen molar-refractivity contribution in [1.82, 2.24) is 0 Å². The maximum absolute atomic E-state index is 2.56. The molecular formula is C24H30. The van der Waals surface area contributed by atoms with Gasteiger partial charge in [0.1, 0.15) is 0 Å². The molecule has 3 aliphatic carbocycles. The van der Waals surface area contributed by atoms with Crippen molar-refractivity contribution in [2.24, 2.45) is 0 Å². The van der Waals surface area contributed by atoms with Gasteiger partial charge >= 0.3 is 0 Å². The number of aryl methyl sites for hydroxylation is 4. The van der Waals surface area contributed by atoms with Crippen LogP contribution in [-0.4, -0.2) is 0 Å². The molecule has 4 bridgehead atoms. The quantitative estimate of drug-likeness (QED) is 0.527. The third-order valence-electron chi connectivity index (χ3n) is 6.13. The first-order chi connectivity index (χ1) is 11.9. The molecule has 2 aromatic rings. The standard InChI is InChI=1S/C24H30/c1-2-4-7-21-15-17-23-9-5-8-22(24(23)18-21)16-14-20-12-10-19(6-3-1)11-13-20/h10-13,15,17-18,22H,1-9,14,16H2/t22-/m1/s1. The van der Waals surface area contributed by atoms with E-state index in [1.165, 1.54) is 81.8 Å². The van der Waals surface area contributed by atoms with Crippen LogP contribution < -0.4 is 0 Å². The minimum absolute atomic E-state index is 0.779. The van der Waals surface area contributed by atoms with E-state index in [4.69, 9.17) is 0 Å². The monoisotopic (exact) mass is 318 g/mol. The molecule has 5 rings (SSSR count). The molecule has 0 radical (unpaired) electrons. The van der Waals surface area contributed by atoms with Crippen molar-refractivity contribution in [3.05, 3.63) is 70.3 Å². The smallest absolute Gasteiger partial charge is 0.0156 e. The lowest BCUT2D eigenvalue weighted by Gasteiger charge is -2.26. The van der Waals surface area contributed by atoms with Gasteiger partial charge in [0.2, 0.25) is 0 Å². The zero-order valence-corrected chi connectivity index (χ0v) is 14.9. The lowest BCUT2D eigenvalue weighted by molar-refractivity contribution is 0.519. The van der Waals surface area contributed by atoms with Gasteiger partial charge < -0.3 is 0 Å². The molecule has 0 amide bonds. The van der Waals surface area contributed by atoms with Crippen LogP contribution in [0.3, 0.4) is 0 Å². The van der Waals surface area contributed by atoms with Crippen LogP contribution in [0.15, 0.2) is 42.5 Å². The SMILES string of the molecule is c1cc2ccc1CCCCCCc1ccc3c(c1)[C@H](CCC3)CC2. The third kappa shape index (κ3) is 3.74. The fraction of sp³-hybridized carbons (Fsp3) is 0.500. The Morgan fingerprint density at radius 1 is 0.542 bits per heavy atom. The molecule has 0 N–H and O–H groups in total. The molecule has 0 saturated carbocycles. The van der Waals surface area contributed by atoms with E-state index in [-0.39, 0.29) is 0 Å². The molecule has 24 heavy (non-hydrogen) atoms. The molecule has 2 aromatic carbocycles. The Kier molecular flexibility index (Phi) is 5.02. The van der Waals surface area contributed by atoms with Crippen molar-refractivity contribution in [2.45, 2.75) is 76.5 Å². The van der Waals surface area contributed by atoms with Crippen LogP contribution in [0.1, 0.15) is 78.7 Å². The van der Waals surface area contributed by atoms with Crippen LogP contribution >= 0.6 is 0 Å². The summed E-state index contributed by atoms with van der Waals surface area (Å²) in [6.45, 7) is 0. The van der Waals surface area contributed by atoms with Crippen LogP contribution in [0.4, 0.5) is 0 Å². The van der Waals surface area contributed by atoms with E-state index in [1.807, 2.05) is 0 Å². The van der Waals surface area contributed by atoms with Crippen LogP contribution in [-0.2, 0) is 25.7 Å². The Hall–Kier alpha value is -1.56. The number of benzene rings is 2. The summed E-state index contributed by atoms with van der Waals surface area (Å²) in [5, 5.41) is 0. The number of fused-ring (bicyclic) bond motifs is 8. The molecule has 0 aliphatic heterocycles. The first kappa shape index (κ1) is 15.9. The third-order valence-corrected chi connectivity index (χ3v) is 6.13. The fourth-order valence-electron chi connectivity index (χ4n) is 4.63. The van der Waals surface area contributed by atoms with Gasteiger partial charge in [-0.2, -0.15) is 0 Å². The van der Waals surface area contributed by atoms with E-state index in [2.05, 4.69) is 42.5 Å². The highest BCUT2D eigenvalue weighted by Gasteiger charge is 2.20. The van der Waals surface area contributed by atoms with Crippen molar-refractivity contribution in [3.8, 4) is 0 Å². The summed E-state index contributed by atoms with van der Waals surface area (Å²) in [7, 11) is 0. The van der Waals surface area contributed by atoms with Crippen LogP contribution in [0.2, 0.25) is 0 Å². The second kappa shape index (κ2) is 7.55. The van der Waals surface area contributed by atoms with Crippen LogP contribution in [0.5, 0.6) is 0 Å². The zero-order chi connectivity index (χ0) is 16.2. The van der Waals surface area contributed by atoms with Gasteiger partial charge in [-0.25, -0.2) is 0 Å². The largest absolute Gasteiger partial charge is 0.0588 e. The second-order valence-corrected chi connectivity index (χ2v) is 7.89. The van der Waals surface area contributed by atoms with Gasteiger partial charge in [-0.3, -0.25) is 0 Å². The van der Waals surface area contributed by atoms with Gasteiger partial charge in [0.05, 0.1) is 0 Å². The highest BCUT2D eigenvalue weighted by Crippen LogP contribution is 2.35. The Morgan fingerprint density at radius 3 is 2.00 bits per heavy atom. The normalized spacial score (nSPS) is 21.6. The molecule has 3 aliphatic rings. The maximum atomic E-state index is 2.56. The minimum Gasteiger partial charge on any atom is -0.0588 e. The van der Waals surface area contributed by atoms with Crippen molar-refractivity contribution in [1.29, 1.82) is 0 Å². The second-order valence-electron chi connectivity index (χ2n) is 7.89. The molecule has 0 nitrogen and oxygen atoms in total. The first-order valence-corrected chi connectivity index (χ1v) is 10.1. The maximum Gasteiger partial charge on any atom is -0.0156 e. The Balaban J connectivity index is 1.59. The molecule has 0 spiro atoms. The summed E-state index contributed by atoms with van der Waals surface area (Å²) in [4.78, 5) is 0. The summed E-state index contributed by atoms with van der Waals surface area (Å²) < 4.78 is 0. The predicted octanol–water partition coefficient (Wildman–Crippen LogP) is 6.40. The summed E-state index contributed by atoms with van der Waals surface area (Å²) in [5.41, 5.74) is 7.94. The highest BCUT2D eigenvalue weighted by atomic mass is 14.2. The minimum atomic E-state index is 0.779. The molecule has 126 valence electrons. The van der Waals surface area contributed by atoms with E-state index in [0.717, 1.165) is 5.92 Å². The molecule has 0 aromatic heterocycles. The Labute approximate surface area is 147 Å². The van der Waals surface area contributed by atoms with Gasteiger partial charge in [0, 0.05) is 0 Å². The van der Waals surface area contributed by atoms with Crippen molar-refractivity contribution < 1.29 is 0 Å². The Bertz CT molecular complexity index is 665. The fourth-order valence-corrected chi connectivity index (χ4v) is 4.63. The van der Waals surface area contributed by atoms with Gasteiger partial charge in [-0.15, -0.1) is 0 Å². The molecule has 0 heteroatoms. The molecule has 0 fully saturated rings. The summed E-state index contributed by atoms with van der Waals surface area (Å²) in [5.74, 6) is 0.779. The van der Waals surface area contributed by atoms with E-state index >= 15 is 0 Å². The average molecular weight is 319 g/mol. The average Bonchev–Trinajstić information content (AvgIpc) is 2.63. The van der Waals surface area contributed by atoms with Gasteiger partial charge in [-0.05, 0) is 91.5 Å². The van der Waals surface area contributed by atoms with E-state index < -0.39 is 0 Å². The van der Waals surface area contributed by atoms with Crippen molar-refractivity contribution >= 4 is 0 Å². The lowest BCUT2D eigenvalue weighted by Crippen LogP contribution is -2.11. The Morgan fingerprint density at radius 2 is 1.21 bits per heavy atom. The zero-order valence-electron chi connectivity index (χ0n) is 14.9. The van der Waals surface area contributed by atoms with Crippen LogP contribution in [0, 0.1) is 0 Å². The summed E-state index contributed by atoms with van der Waals surface area (Å²) >= 11 is 0. The number of hydrogen-bond acceptors (Lipinski definition) is 0. The summed E-state index contributed by atoms with van der Waals surface area (Å²) in [6, 6.07) is 16.9. The predicted molar refractivity (Wildman–Crippen MR) is 103 cm³/mol. The first-order valence-electron chi connectivity index (χ1n) is 10.1. The number of hydrogen-bond donors (Lipinski definition) is 0. The highest BCUT2D eigenvalue weighted by molar-refractivity contribution is 5.37. The molecule has 0 unspecified atom stereocenters. The molecular weight excluding hydrogens is 288 g/mol. The molecule has 1 atom stereocenters. The van der Waals surface area contributed by atoms with Crippen molar-refractivity contribution in [2.75, 3.05) is 0 Å². The lowest BCUT2D eigenvalue weighted by atomic mass is 9.79. The number of rotatable bonds is 0. The molecule has 0 saturated heterocycles. The van der Waals surface area contributed by atoms with Crippen molar-refractivity contribution in [3.63, 3.8) is 0 Å².